The molecular formula is C21H18ClF3N2O3. The quantitative estimate of drug-likeness (QED) is 0.674. The lowest BCUT2D eigenvalue weighted by molar-refractivity contribution is -0.147. The zero-order valence-corrected chi connectivity index (χ0v) is 16.5. The monoisotopic (exact) mass is 438 g/mol. The third-order valence-electron chi connectivity index (χ3n) is 5.58. The minimum atomic E-state index is -4.40. The molecule has 2 heterocycles. The molecule has 30 heavy (non-hydrogen) atoms. The van der Waals surface area contributed by atoms with Crippen LogP contribution in [-0.4, -0.2) is 29.8 Å². The fraction of sp³-hybridized carbons (Fsp3) is 0.333. The number of nitrogens with zero attached hydrogens (tertiary/aromatic N) is 1. The Morgan fingerprint density at radius 2 is 1.73 bits per heavy atom. The number of carbonyl (C=O) groups excluding carboxylic acids is 2. The Morgan fingerprint density at radius 3 is 2.37 bits per heavy atom. The molecule has 9 heteroatoms. The van der Waals surface area contributed by atoms with Crippen molar-refractivity contribution in [1.82, 2.24) is 4.90 Å². The Hall–Kier alpha value is -2.58. The maximum atomic E-state index is 13.0. The molecule has 2 aromatic carbocycles. The highest BCUT2D eigenvalue weighted by Crippen LogP contribution is 2.45. The van der Waals surface area contributed by atoms with Crippen molar-refractivity contribution in [3.63, 3.8) is 0 Å². The summed E-state index contributed by atoms with van der Waals surface area (Å²) in [4.78, 5) is 26.2. The van der Waals surface area contributed by atoms with Crippen LogP contribution in [0.3, 0.4) is 0 Å². The summed E-state index contributed by atoms with van der Waals surface area (Å²) in [5, 5.41) is 3.05. The summed E-state index contributed by atoms with van der Waals surface area (Å²) in [7, 11) is 0. The summed E-state index contributed by atoms with van der Waals surface area (Å²) in [6, 6.07) is 10.1. The van der Waals surface area contributed by atoms with Gasteiger partial charge in [0.15, 0.2) is 0 Å². The van der Waals surface area contributed by atoms with E-state index in [0.717, 1.165) is 17.7 Å². The summed E-state index contributed by atoms with van der Waals surface area (Å²) in [6.07, 6.45) is -3.59. The van der Waals surface area contributed by atoms with Crippen molar-refractivity contribution < 1.29 is 27.5 Å². The van der Waals surface area contributed by atoms with Gasteiger partial charge in [0.2, 0.25) is 0 Å². The van der Waals surface area contributed by atoms with Gasteiger partial charge in [-0.2, -0.15) is 13.2 Å². The zero-order valence-electron chi connectivity index (χ0n) is 15.8. The van der Waals surface area contributed by atoms with E-state index in [4.69, 9.17) is 16.3 Å². The number of alkyl halides is 3. The number of amides is 2. The van der Waals surface area contributed by atoms with Crippen molar-refractivity contribution in [2.24, 2.45) is 0 Å². The van der Waals surface area contributed by atoms with Gasteiger partial charge < -0.3 is 15.0 Å². The predicted molar refractivity (Wildman–Crippen MR) is 104 cm³/mol. The molecule has 2 aliphatic rings. The number of hydrogen-bond donors (Lipinski definition) is 1. The van der Waals surface area contributed by atoms with Gasteiger partial charge >= 0.3 is 18.0 Å². The van der Waals surface area contributed by atoms with E-state index in [-0.39, 0.29) is 19.7 Å². The van der Waals surface area contributed by atoms with Crippen molar-refractivity contribution in [3.05, 3.63) is 64.2 Å². The number of rotatable bonds is 1. The van der Waals surface area contributed by atoms with Crippen LogP contribution in [0.5, 0.6) is 0 Å². The molecule has 2 aromatic rings. The van der Waals surface area contributed by atoms with E-state index in [9.17, 15) is 22.8 Å². The van der Waals surface area contributed by atoms with E-state index in [1.54, 1.807) is 24.3 Å². The number of fused-ring (bicyclic) bond motifs is 2. The van der Waals surface area contributed by atoms with Gasteiger partial charge in [-0.1, -0.05) is 17.7 Å². The number of likely N-dealkylation sites (tertiary alicyclic amines) is 1. The van der Waals surface area contributed by atoms with Crippen LogP contribution in [0, 0.1) is 0 Å². The molecule has 1 spiro atoms. The Bertz CT molecular complexity index is 984. The summed E-state index contributed by atoms with van der Waals surface area (Å²) >= 11 is 5.80. The zero-order chi connectivity index (χ0) is 21.5. The summed E-state index contributed by atoms with van der Waals surface area (Å²) in [5.74, 6) is -1.42. The van der Waals surface area contributed by atoms with Crippen LogP contribution >= 0.6 is 11.6 Å². The van der Waals surface area contributed by atoms with Crippen LogP contribution in [0.25, 0.3) is 0 Å². The Labute approximate surface area is 175 Å². The molecule has 0 aliphatic carbocycles. The van der Waals surface area contributed by atoms with Crippen LogP contribution in [0.1, 0.15) is 29.5 Å². The second-order valence-corrected chi connectivity index (χ2v) is 7.84. The van der Waals surface area contributed by atoms with Gasteiger partial charge in [-0.05, 0) is 60.4 Å². The molecule has 2 aliphatic heterocycles. The molecule has 0 atom stereocenters. The topological polar surface area (TPSA) is 58.6 Å². The van der Waals surface area contributed by atoms with Gasteiger partial charge in [-0.15, -0.1) is 0 Å². The van der Waals surface area contributed by atoms with E-state index in [2.05, 4.69) is 5.32 Å². The lowest BCUT2D eigenvalue weighted by Crippen LogP contribution is -2.48. The van der Waals surface area contributed by atoms with E-state index in [1.807, 2.05) is 0 Å². The molecule has 0 saturated carbocycles. The van der Waals surface area contributed by atoms with Gasteiger partial charge in [0, 0.05) is 23.8 Å². The molecule has 0 unspecified atom stereocenters. The van der Waals surface area contributed by atoms with Crippen molar-refractivity contribution in [1.29, 1.82) is 0 Å². The van der Waals surface area contributed by atoms with Gasteiger partial charge in [0.25, 0.3) is 0 Å². The first-order valence-electron chi connectivity index (χ1n) is 9.38. The summed E-state index contributed by atoms with van der Waals surface area (Å²) < 4.78 is 44.8. The lowest BCUT2D eigenvalue weighted by atomic mass is 9.83. The maximum absolute atomic E-state index is 13.0. The van der Waals surface area contributed by atoms with Gasteiger partial charge in [-0.3, -0.25) is 9.59 Å². The average molecular weight is 439 g/mol. The van der Waals surface area contributed by atoms with Gasteiger partial charge in [0.1, 0.15) is 0 Å². The first-order valence-corrected chi connectivity index (χ1v) is 9.76. The van der Waals surface area contributed by atoms with Crippen molar-refractivity contribution >= 4 is 29.1 Å². The Kier molecular flexibility index (Phi) is 5.23. The fourth-order valence-electron chi connectivity index (χ4n) is 3.97. The van der Waals surface area contributed by atoms with Crippen molar-refractivity contribution in [3.8, 4) is 0 Å². The van der Waals surface area contributed by atoms with Crippen LogP contribution in [0.4, 0.5) is 18.9 Å². The highest BCUT2D eigenvalue weighted by atomic mass is 35.5. The minimum Gasteiger partial charge on any atom is -0.365 e. The third kappa shape index (κ3) is 3.89. The Morgan fingerprint density at radius 1 is 1.07 bits per heavy atom. The molecule has 0 bridgehead atoms. The molecule has 4 rings (SSSR count). The van der Waals surface area contributed by atoms with Crippen LogP contribution in [-0.2, 0) is 32.7 Å². The lowest BCUT2D eigenvalue weighted by Gasteiger charge is -2.39. The second-order valence-electron chi connectivity index (χ2n) is 7.41. The third-order valence-corrected chi connectivity index (χ3v) is 5.83. The molecule has 5 nitrogen and oxygen atoms in total. The van der Waals surface area contributed by atoms with E-state index in [0.29, 0.717) is 29.1 Å². The SMILES string of the molecule is O=C(Nc1ccc(Cl)cc1)C(=O)N1CCC2(CC1)OCc1cc(C(F)(F)F)ccc12. The minimum absolute atomic E-state index is 0.101. The molecule has 2 amide bonds. The van der Waals surface area contributed by atoms with E-state index >= 15 is 0 Å². The molecule has 158 valence electrons. The Balaban J connectivity index is 1.41. The number of halogens is 4. The normalized spacial score (nSPS) is 17.7. The molecule has 1 saturated heterocycles. The number of anilines is 1. The standard InChI is InChI=1S/C21H18ClF3N2O3/c22-15-2-4-16(5-3-15)26-18(28)19(29)27-9-7-20(8-10-27)17-6-1-14(21(23,24)25)11-13(17)12-30-20/h1-6,11H,7-10,12H2,(H,26,28). The molecule has 1 N–H and O–H groups in total. The van der Waals surface area contributed by atoms with Crippen LogP contribution < -0.4 is 5.32 Å². The number of ether oxygens (including phenoxy) is 1. The van der Waals surface area contributed by atoms with E-state index < -0.39 is 29.2 Å². The number of piperidine rings is 1. The molecule has 0 aromatic heterocycles. The van der Waals surface area contributed by atoms with Gasteiger partial charge in [0.05, 0.1) is 17.8 Å². The number of benzene rings is 2. The maximum Gasteiger partial charge on any atom is 0.416 e. The largest absolute Gasteiger partial charge is 0.416 e. The fourth-order valence-corrected chi connectivity index (χ4v) is 4.10. The summed E-state index contributed by atoms with van der Waals surface area (Å²) in [6.45, 7) is 0.644. The molecule has 1 fully saturated rings. The van der Waals surface area contributed by atoms with Gasteiger partial charge in [-0.25, -0.2) is 0 Å². The number of hydrogen-bond acceptors (Lipinski definition) is 3. The number of carbonyl (C=O) groups is 2. The smallest absolute Gasteiger partial charge is 0.365 e. The predicted octanol–water partition coefficient (Wildman–Crippen LogP) is 4.35. The number of nitrogens with one attached hydrogen (secondary N) is 1. The van der Waals surface area contributed by atoms with Crippen molar-refractivity contribution in [2.45, 2.75) is 31.2 Å². The van der Waals surface area contributed by atoms with Crippen molar-refractivity contribution in [2.75, 3.05) is 18.4 Å². The summed E-state index contributed by atoms with van der Waals surface area (Å²) in [5.41, 5.74) is 0.287. The van der Waals surface area contributed by atoms with Crippen LogP contribution in [0.15, 0.2) is 42.5 Å². The second kappa shape index (κ2) is 7.59. The molecule has 0 radical (unpaired) electrons. The van der Waals surface area contributed by atoms with E-state index in [1.165, 1.54) is 11.0 Å². The van der Waals surface area contributed by atoms with Crippen LogP contribution in [0.2, 0.25) is 5.02 Å². The average Bonchev–Trinajstić information content (AvgIpc) is 3.07. The highest BCUT2D eigenvalue weighted by molar-refractivity contribution is 6.39. The first kappa shape index (κ1) is 20.7. The molecular weight excluding hydrogens is 421 g/mol. The first-order chi connectivity index (χ1) is 14.2. The highest BCUT2D eigenvalue weighted by Gasteiger charge is 2.45.